The number of halogens is 1. The Labute approximate surface area is 141 Å². The third-order valence-electron chi connectivity index (χ3n) is 4.74. The monoisotopic (exact) mass is 335 g/mol. The highest BCUT2D eigenvalue weighted by atomic mass is 35.5. The largest absolute Gasteiger partial charge is 0.343 e. The Morgan fingerprint density at radius 3 is 2.83 bits per heavy atom. The molecule has 2 heterocycles. The van der Waals surface area contributed by atoms with Crippen molar-refractivity contribution in [2.75, 3.05) is 39.8 Å². The van der Waals surface area contributed by atoms with Crippen LogP contribution < -0.4 is 0 Å². The molecule has 0 aliphatic carbocycles. The van der Waals surface area contributed by atoms with E-state index in [1.54, 1.807) is 4.90 Å². The average molecular weight is 336 g/mol. The number of carbonyl (C=O) groups excluding carboxylic acids is 2. The molecule has 0 bridgehead atoms. The number of carbonyl (C=O) groups is 2. The number of amides is 2. The fourth-order valence-electron chi connectivity index (χ4n) is 3.29. The van der Waals surface area contributed by atoms with E-state index < -0.39 is 0 Å². The van der Waals surface area contributed by atoms with Gasteiger partial charge in [0.1, 0.15) is 6.04 Å². The first-order valence-corrected chi connectivity index (χ1v) is 8.43. The van der Waals surface area contributed by atoms with Crippen molar-refractivity contribution >= 4 is 23.4 Å². The molecule has 0 spiro atoms. The van der Waals surface area contributed by atoms with Crippen molar-refractivity contribution in [3.8, 4) is 0 Å². The standard InChI is InChI=1S/C17H22ClN3O2/c1-19-7-8-20-9-10-21(12-15(20)17(19)23)16(22)6-5-13-3-2-4-14(18)11-13/h2-4,11,15H,5-10,12H2,1H3/t15-/m0/s1. The number of likely N-dealkylation sites (N-methyl/N-ethyl adjacent to an activating group) is 1. The van der Waals surface area contributed by atoms with Crippen LogP contribution in [-0.4, -0.2) is 72.3 Å². The molecule has 0 N–H and O–H groups in total. The molecule has 2 amide bonds. The van der Waals surface area contributed by atoms with Gasteiger partial charge < -0.3 is 9.80 Å². The molecule has 0 saturated carbocycles. The zero-order valence-corrected chi connectivity index (χ0v) is 14.1. The predicted molar refractivity (Wildman–Crippen MR) is 89.4 cm³/mol. The summed E-state index contributed by atoms with van der Waals surface area (Å²) < 4.78 is 0. The number of nitrogens with zero attached hydrogens (tertiary/aromatic N) is 3. The van der Waals surface area contributed by atoms with Gasteiger partial charge in [-0.15, -0.1) is 0 Å². The minimum atomic E-state index is -0.169. The van der Waals surface area contributed by atoms with Crippen molar-refractivity contribution in [2.45, 2.75) is 18.9 Å². The topological polar surface area (TPSA) is 43.9 Å². The fourth-order valence-corrected chi connectivity index (χ4v) is 3.51. The lowest BCUT2D eigenvalue weighted by Gasteiger charge is -2.45. The van der Waals surface area contributed by atoms with E-state index in [9.17, 15) is 9.59 Å². The number of hydrogen-bond donors (Lipinski definition) is 0. The first-order chi connectivity index (χ1) is 11.0. The molecule has 2 saturated heterocycles. The lowest BCUT2D eigenvalue weighted by molar-refractivity contribution is -0.147. The van der Waals surface area contributed by atoms with E-state index in [4.69, 9.17) is 11.6 Å². The van der Waals surface area contributed by atoms with Crippen LogP contribution in [0.3, 0.4) is 0 Å². The van der Waals surface area contributed by atoms with Crippen molar-refractivity contribution in [1.82, 2.24) is 14.7 Å². The Bertz CT molecular complexity index is 607. The van der Waals surface area contributed by atoms with Gasteiger partial charge in [-0.25, -0.2) is 0 Å². The van der Waals surface area contributed by atoms with Crippen LogP contribution >= 0.6 is 11.6 Å². The Kier molecular flexibility index (Phi) is 4.87. The quantitative estimate of drug-likeness (QED) is 0.835. The molecule has 2 aliphatic heterocycles. The molecule has 23 heavy (non-hydrogen) atoms. The SMILES string of the molecule is CN1CCN2CCN(C(=O)CCc3cccc(Cl)c3)C[C@H]2C1=O. The van der Waals surface area contributed by atoms with Gasteiger partial charge in [0.05, 0.1) is 0 Å². The van der Waals surface area contributed by atoms with Crippen molar-refractivity contribution in [3.05, 3.63) is 34.9 Å². The van der Waals surface area contributed by atoms with Crippen molar-refractivity contribution in [2.24, 2.45) is 0 Å². The van der Waals surface area contributed by atoms with Gasteiger partial charge in [-0.3, -0.25) is 14.5 Å². The Hall–Kier alpha value is -1.59. The normalized spacial score (nSPS) is 22.2. The molecule has 1 atom stereocenters. The van der Waals surface area contributed by atoms with Crippen LogP contribution in [0.1, 0.15) is 12.0 Å². The highest BCUT2D eigenvalue weighted by Crippen LogP contribution is 2.18. The second-order valence-corrected chi connectivity index (χ2v) is 6.72. The van der Waals surface area contributed by atoms with Crippen LogP contribution in [0.5, 0.6) is 0 Å². The van der Waals surface area contributed by atoms with Crippen LogP contribution in [0.2, 0.25) is 5.02 Å². The molecule has 0 unspecified atom stereocenters. The number of benzene rings is 1. The molecule has 0 radical (unpaired) electrons. The molecule has 6 heteroatoms. The average Bonchev–Trinajstić information content (AvgIpc) is 2.56. The summed E-state index contributed by atoms with van der Waals surface area (Å²) in [6.45, 7) is 3.68. The molecule has 1 aromatic rings. The van der Waals surface area contributed by atoms with Crippen molar-refractivity contribution in [3.63, 3.8) is 0 Å². The van der Waals surface area contributed by atoms with Crippen LogP contribution in [0.15, 0.2) is 24.3 Å². The van der Waals surface area contributed by atoms with Crippen LogP contribution in [-0.2, 0) is 16.0 Å². The molecule has 0 aromatic heterocycles. The Morgan fingerprint density at radius 2 is 2.04 bits per heavy atom. The van der Waals surface area contributed by atoms with Crippen molar-refractivity contribution < 1.29 is 9.59 Å². The van der Waals surface area contributed by atoms with E-state index in [-0.39, 0.29) is 17.9 Å². The molecular formula is C17H22ClN3O2. The van der Waals surface area contributed by atoms with E-state index in [0.29, 0.717) is 31.0 Å². The third kappa shape index (κ3) is 3.67. The van der Waals surface area contributed by atoms with Gasteiger partial charge in [-0.2, -0.15) is 0 Å². The van der Waals surface area contributed by atoms with Crippen LogP contribution in [0, 0.1) is 0 Å². The highest BCUT2D eigenvalue weighted by Gasteiger charge is 2.38. The lowest BCUT2D eigenvalue weighted by Crippen LogP contribution is -2.64. The van der Waals surface area contributed by atoms with Gasteiger partial charge in [-0.1, -0.05) is 23.7 Å². The van der Waals surface area contributed by atoms with Crippen LogP contribution in [0.25, 0.3) is 0 Å². The number of aryl methyl sites for hydroxylation is 1. The minimum absolute atomic E-state index is 0.116. The summed E-state index contributed by atoms with van der Waals surface area (Å²) in [5.74, 6) is 0.245. The van der Waals surface area contributed by atoms with E-state index in [1.807, 2.05) is 36.2 Å². The first kappa shape index (κ1) is 16.3. The second kappa shape index (κ2) is 6.89. The summed E-state index contributed by atoms with van der Waals surface area (Å²) in [5, 5.41) is 0.694. The van der Waals surface area contributed by atoms with Gasteiger partial charge in [0.15, 0.2) is 0 Å². The summed E-state index contributed by atoms with van der Waals surface area (Å²) in [4.78, 5) is 30.5. The summed E-state index contributed by atoms with van der Waals surface area (Å²) in [6, 6.07) is 7.44. The maximum Gasteiger partial charge on any atom is 0.241 e. The molecule has 2 aliphatic rings. The van der Waals surface area contributed by atoms with E-state index in [1.165, 1.54) is 0 Å². The summed E-state index contributed by atoms with van der Waals surface area (Å²) in [5.41, 5.74) is 1.07. The molecule has 1 aromatic carbocycles. The van der Waals surface area contributed by atoms with Crippen LogP contribution in [0.4, 0.5) is 0 Å². The van der Waals surface area contributed by atoms with Gasteiger partial charge in [0, 0.05) is 51.2 Å². The maximum atomic E-state index is 12.5. The molecule has 3 rings (SSSR count). The Morgan fingerprint density at radius 1 is 1.26 bits per heavy atom. The molecule has 2 fully saturated rings. The molecule has 5 nitrogen and oxygen atoms in total. The van der Waals surface area contributed by atoms with Gasteiger partial charge in [0.25, 0.3) is 0 Å². The zero-order chi connectivity index (χ0) is 16.4. The predicted octanol–water partition coefficient (Wildman–Crippen LogP) is 1.26. The number of hydrogen-bond acceptors (Lipinski definition) is 3. The van der Waals surface area contributed by atoms with E-state index in [2.05, 4.69) is 4.90 Å². The van der Waals surface area contributed by atoms with E-state index >= 15 is 0 Å². The fraction of sp³-hybridized carbons (Fsp3) is 0.529. The second-order valence-electron chi connectivity index (χ2n) is 6.28. The van der Waals surface area contributed by atoms with E-state index in [0.717, 1.165) is 25.2 Å². The number of rotatable bonds is 3. The molecular weight excluding hydrogens is 314 g/mol. The third-order valence-corrected chi connectivity index (χ3v) is 4.98. The smallest absolute Gasteiger partial charge is 0.241 e. The number of fused-ring (bicyclic) bond motifs is 1. The summed E-state index contributed by atoms with van der Waals surface area (Å²) in [6.07, 6.45) is 1.13. The minimum Gasteiger partial charge on any atom is -0.343 e. The zero-order valence-electron chi connectivity index (χ0n) is 13.4. The van der Waals surface area contributed by atoms with Crippen molar-refractivity contribution in [1.29, 1.82) is 0 Å². The maximum absolute atomic E-state index is 12.5. The van der Waals surface area contributed by atoms with Gasteiger partial charge in [0.2, 0.25) is 11.8 Å². The van der Waals surface area contributed by atoms with Gasteiger partial charge >= 0.3 is 0 Å². The highest BCUT2D eigenvalue weighted by molar-refractivity contribution is 6.30. The lowest BCUT2D eigenvalue weighted by atomic mass is 10.1. The summed E-state index contributed by atoms with van der Waals surface area (Å²) >= 11 is 5.97. The molecule has 124 valence electrons. The summed E-state index contributed by atoms with van der Waals surface area (Å²) in [7, 11) is 1.83. The van der Waals surface area contributed by atoms with Gasteiger partial charge in [-0.05, 0) is 24.1 Å². The Balaban J connectivity index is 1.57. The first-order valence-electron chi connectivity index (χ1n) is 8.06. The number of piperazine rings is 2.